The first-order valence-corrected chi connectivity index (χ1v) is 8.73. The predicted octanol–water partition coefficient (Wildman–Crippen LogP) is 2.42. The number of hydrogen-bond donors (Lipinski definition) is 1. The molecule has 0 aliphatic carbocycles. The molecule has 3 rings (SSSR count). The lowest BCUT2D eigenvalue weighted by molar-refractivity contribution is -0.141. The molecule has 2 aliphatic rings. The SMILES string of the molecule is O=S1(=O)C2CCCC1CC(O)(c1ncccc1C(F)(F)F)C2. The third kappa shape index (κ3) is 2.42. The van der Waals surface area contributed by atoms with Gasteiger partial charge in [0.15, 0.2) is 9.84 Å². The van der Waals surface area contributed by atoms with E-state index in [-0.39, 0.29) is 12.8 Å². The Hall–Kier alpha value is -1.15. The molecular formula is C14H16F3NO3S. The fourth-order valence-corrected chi connectivity index (χ4v) is 6.20. The Morgan fingerprint density at radius 2 is 1.82 bits per heavy atom. The number of halogens is 3. The topological polar surface area (TPSA) is 67.3 Å². The molecule has 0 spiro atoms. The zero-order valence-electron chi connectivity index (χ0n) is 11.7. The molecule has 2 atom stereocenters. The Bertz CT molecular complexity index is 667. The third-order valence-corrected chi connectivity index (χ3v) is 7.33. The quantitative estimate of drug-likeness (QED) is 0.856. The zero-order valence-corrected chi connectivity index (χ0v) is 12.5. The van der Waals surface area contributed by atoms with Crippen molar-refractivity contribution in [1.29, 1.82) is 0 Å². The molecule has 1 aromatic rings. The van der Waals surface area contributed by atoms with Gasteiger partial charge in [0.2, 0.25) is 0 Å². The monoisotopic (exact) mass is 335 g/mol. The summed E-state index contributed by atoms with van der Waals surface area (Å²) in [7, 11) is -3.36. The Morgan fingerprint density at radius 1 is 1.23 bits per heavy atom. The van der Waals surface area contributed by atoms with Crippen LogP contribution in [0.1, 0.15) is 43.4 Å². The van der Waals surface area contributed by atoms with Gasteiger partial charge in [0.05, 0.1) is 21.8 Å². The maximum Gasteiger partial charge on any atom is 0.418 e. The molecule has 0 radical (unpaired) electrons. The van der Waals surface area contributed by atoms with Crippen LogP contribution in [0, 0.1) is 0 Å². The first-order chi connectivity index (χ1) is 10.1. The highest BCUT2D eigenvalue weighted by Crippen LogP contribution is 2.48. The molecule has 0 saturated carbocycles. The van der Waals surface area contributed by atoms with Gasteiger partial charge in [-0.1, -0.05) is 6.42 Å². The summed E-state index contributed by atoms with van der Waals surface area (Å²) in [6.07, 6.45) is -2.38. The summed E-state index contributed by atoms with van der Waals surface area (Å²) in [5, 5.41) is 9.23. The molecule has 2 saturated heterocycles. The number of fused-ring (bicyclic) bond motifs is 2. The standard InChI is InChI=1S/C14H16F3NO3S/c15-14(16,17)11-5-2-6-18-12(11)13(19)7-9-3-1-4-10(8-13)22(9,20)21/h2,5-6,9-10,19H,1,3-4,7-8H2. The van der Waals surface area contributed by atoms with Crippen molar-refractivity contribution < 1.29 is 26.7 Å². The number of sulfone groups is 1. The van der Waals surface area contributed by atoms with E-state index in [1.807, 2.05) is 0 Å². The lowest BCUT2D eigenvalue weighted by atomic mass is 9.81. The van der Waals surface area contributed by atoms with Crippen molar-refractivity contribution in [3.8, 4) is 0 Å². The van der Waals surface area contributed by atoms with Crippen LogP contribution in [0.3, 0.4) is 0 Å². The number of hydrogen-bond acceptors (Lipinski definition) is 4. The van der Waals surface area contributed by atoms with Crippen LogP contribution >= 0.6 is 0 Å². The van der Waals surface area contributed by atoms with E-state index in [4.69, 9.17) is 0 Å². The highest BCUT2D eigenvalue weighted by atomic mass is 32.2. The van der Waals surface area contributed by atoms with Gasteiger partial charge in [0, 0.05) is 6.20 Å². The number of alkyl halides is 3. The lowest BCUT2D eigenvalue weighted by Gasteiger charge is -2.44. The molecule has 4 nitrogen and oxygen atoms in total. The normalized spacial score (nSPS) is 34.4. The molecule has 3 heterocycles. The molecule has 22 heavy (non-hydrogen) atoms. The molecule has 2 unspecified atom stereocenters. The number of rotatable bonds is 1. The Morgan fingerprint density at radius 3 is 2.36 bits per heavy atom. The van der Waals surface area contributed by atoms with E-state index >= 15 is 0 Å². The highest BCUT2D eigenvalue weighted by molar-refractivity contribution is 7.92. The van der Waals surface area contributed by atoms with Gasteiger partial charge in [0.25, 0.3) is 0 Å². The number of aliphatic hydroxyl groups is 1. The minimum Gasteiger partial charge on any atom is -0.383 e. The van der Waals surface area contributed by atoms with Gasteiger partial charge in [-0.05, 0) is 37.8 Å². The summed E-state index contributed by atoms with van der Waals surface area (Å²) in [6.45, 7) is 0. The first kappa shape index (κ1) is 15.7. The molecule has 2 aliphatic heterocycles. The molecule has 2 fully saturated rings. The van der Waals surface area contributed by atoms with Crippen molar-refractivity contribution in [1.82, 2.24) is 4.98 Å². The Kier molecular flexibility index (Phi) is 3.52. The highest BCUT2D eigenvalue weighted by Gasteiger charge is 2.53. The summed E-state index contributed by atoms with van der Waals surface area (Å²) in [4.78, 5) is 3.75. The maximum atomic E-state index is 13.1. The van der Waals surface area contributed by atoms with Gasteiger partial charge in [-0.3, -0.25) is 4.98 Å². The van der Waals surface area contributed by atoms with E-state index < -0.39 is 43.4 Å². The number of aromatic nitrogens is 1. The molecule has 8 heteroatoms. The lowest BCUT2D eigenvalue weighted by Crippen LogP contribution is -2.51. The van der Waals surface area contributed by atoms with Crippen LogP contribution in [0.2, 0.25) is 0 Å². The average Bonchev–Trinajstić information content (AvgIpc) is 2.40. The molecule has 0 amide bonds. The third-order valence-electron chi connectivity index (χ3n) is 4.67. The molecule has 1 aromatic heterocycles. The van der Waals surface area contributed by atoms with Crippen LogP contribution in [-0.2, 0) is 21.6 Å². The van der Waals surface area contributed by atoms with E-state index in [1.54, 1.807) is 0 Å². The van der Waals surface area contributed by atoms with E-state index in [0.29, 0.717) is 12.8 Å². The second kappa shape index (κ2) is 4.92. The molecule has 2 bridgehead atoms. The molecule has 1 N–H and O–H groups in total. The Balaban J connectivity index is 2.06. The summed E-state index contributed by atoms with van der Waals surface area (Å²) < 4.78 is 63.9. The van der Waals surface area contributed by atoms with Crippen LogP contribution in [0.15, 0.2) is 18.3 Å². The van der Waals surface area contributed by atoms with Gasteiger partial charge in [0.1, 0.15) is 5.60 Å². The van der Waals surface area contributed by atoms with Crippen LogP contribution < -0.4 is 0 Å². The number of nitrogens with zero attached hydrogens (tertiary/aromatic N) is 1. The largest absolute Gasteiger partial charge is 0.418 e. The van der Waals surface area contributed by atoms with Crippen LogP contribution in [0.25, 0.3) is 0 Å². The fraction of sp³-hybridized carbons (Fsp3) is 0.643. The minimum absolute atomic E-state index is 0.216. The van der Waals surface area contributed by atoms with Crippen LogP contribution in [-0.4, -0.2) is 29.0 Å². The van der Waals surface area contributed by atoms with Crippen molar-refractivity contribution in [2.75, 3.05) is 0 Å². The van der Waals surface area contributed by atoms with Crippen molar-refractivity contribution in [3.05, 3.63) is 29.6 Å². The molecular weight excluding hydrogens is 319 g/mol. The van der Waals surface area contributed by atoms with Crippen molar-refractivity contribution in [2.45, 2.75) is 54.4 Å². The maximum absolute atomic E-state index is 13.1. The van der Waals surface area contributed by atoms with E-state index in [2.05, 4.69) is 4.98 Å². The van der Waals surface area contributed by atoms with Gasteiger partial charge < -0.3 is 5.11 Å². The second-order valence-corrected chi connectivity index (χ2v) is 8.61. The van der Waals surface area contributed by atoms with Crippen molar-refractivity contribution in [3.63, 3.8) is 0 Å². The van der Waals surface area contributed by atoms with Crippen molar-refractivity contribution in [2.24, 2.45) is 0 Å². The Labute approximate surface area is 126 Å². The fourth-order valence-electron chi connectivity index (χ4n) is 3.65. The zero-order chi connectivity index (χ0) is 16.2. The van der Waals surface area contributed by atoms with Gasteiger partial charge in [-0.15, -0.1) is 0 Å². The smallest absolute Gasteiger partial charge is 0.383 e. The van der Waals surface area contributed by atoms with E-state index in [9.17, 15) is 26.7 Å². The van der Waals surface area contributed by atoms with Crippen molar-refractivity contribution >= 4 is 9.84 Å². The summed E-state index contributed by atoms with van der Waals surface area (Å²) >= 11 is 0. The van der Waals surface area contributed by atoms with Crippen LogP contribution in [0.5, 0.6) is 0 Å². The average molecular weight is 335 g/mol. The van der Waals surface area contributed by atoms with Gasteiger partial charge >= 0.3 is 6.18 Å². The van der Waals surface area contributed by atoms with Gasteiger partial charge in [-0.25, -0.2) is 8.42 Å². The predicted molar refractivity (Wildman–Crippen MR) is 72.7 cm³/mol. The summed E-state index contributed by atoms with van der Waals surface area (Å²) in [6, 6.07) is 2.04. The van der Waals surface area contributed by atoms with E-state index in [0.717, 1.165) is 18.6 Å². The van der Waals surface area contributed by atoms with E-state index in [1.165, 1.54) is 6.20 Å². The minimum atomic E-state index is -4.63. The molecule has 122 valence electrons. The summed E-state index contributed by atoms with van der Waals surface area (Å²) in [5.41, 5.74) is -3.28. The van der Waals surface area contributed by atoms with Crippen LogP contribution in [0.4, 0.5) is 13.2 Å². The first-order valence-electron chi connectivity index (χ1n) is 7.12. The van der Waals surface area contributed by atoms with Gasteiger partial charge in [-0.2, -0.15) is 13.2 Å². The second-order valence-electron chi connectivity index (χ2n) is 6.10. The number of pyridine rings is 1. The summed E-state index contributed by atoms with van der Waals surface area (Å²) in [5.74, 6) is 0. The molecule has 0 aromatic carbocycles.